The van der Waals surface area contributed by atoms with Gasteiger partial charge in [-0.15, -0.1) is 0 Å². The topological polar surface area (TPSA) is 168 Å². The number of anilines is 1. The summed E-state index contributed by atoms with van der Waals surface area (Å²) in [6.07, 6.45) is 6.06. The van der Waals surface area contributed by atoms with E-state index in [1.54, 1.807) is 0 Å². The molecule has 1 aromatic carbocycles. The molecule has 188 valence electrons. The zero-order valence-electron chi connectivity index (χ0n) is 19.4. The highest BCUT2D eigenvalue weighted by molar-refractivity contribution is 5.91. The number of nitrogens with zero attached hydrogens (tertiary/aromatic N) is 3. The highest BCUT2D eigenvalue weighted by atomic mass is 16.5. The Labute approximate surface area is 203 Å². The van der Waals surface area contributed by atoms with Crippen LogP contribution in [-0.4, -0.2) is 75.7 Å². The molecular formula is C24H31N5O6. The number of benzene rings is 1. The van der Waals surface area contributed by atoms with Crippen LogP contribution in [0, 0.1) is 5.92 Å². The Morgan fingerprint density at radius 1 is 1.14 bits per heavy atom. The minimum Gasteiger partial charge on any atom is -0.493 e. The van der Waals surface area contributed by atoms with Crippen molar-refractivity contribution in [2.75, 3.05) is 38.1 Å². The summed E-state index contributed by atoms with van der Waals surface area (Å²) in [5.41, 5.74) is 5.46. The maximum absolute atomic E-state index is 11.2. The number of aliphatic carboxylic acids is 2. The molecule has 1 atom stereocenters. The lowest BCUT2D eigenvalue weighted by Gasteiger charge is -2.32. The summed E-state index contributed by atoms with van der Waals surface area (Å²) < 4.78 is 5.91. The second-order valence-corrected chi connectivity index (χ2v) is 7.85. The maximum Gasteiger partial charge on any atom is 0.328 e. The van der Waals surface area contributed by atoms with Crippen molar-refractivity contribution >= 4 is 23.8 Å². The van der Waals surface area contributed by atoms with Gasteiger partial charge in [-0.2, -0.15) is 0 Å². The van der Waals surface area contributed by atoms with Crippen molar-refractivity contribution in [3.8, 4) is 5.75 Å². The molecule has 1 fully saturated rings. The summed E-state index contributed by atoms with van der Waals surface area (Å²) in [7, 11) is 0. The first-order valence-electron chi connectivity index (χ1n) is 11.2. The van der Waals surface area contributed by atoms with Gasteiger partial charge in [-0.1, -0.05) is 18.2 Å². The first kappa shape index (κ1) is 27.3. The Morgan fingerprint density at radius 3 is 2.51 bits per heavy atom. The van der Waals surface area contributed by atoms with Gasteiger partial charge in [0.05, 0.1) is 6.61 Å². The van der Waals surface area contributed by atoms with Gasteiger partial charge < -0.3 is 30.9 Å². The first-order chi connectivity index (χ1) is 16.8. The molecule has 2 aromatic rings. The third-order valence-electron chi connectivity index (χ3n) is 5.04. The summed E-state index contributed by atoms with van der Waals surface area (Å²) in [5.74, 6) is -1.10. The number of nitrogens with two attached hydrogens (primary N) is 1. The molecule has 2 heterocycles. The minimum absolute atomic E-state index is 0.227. The van der Waals surface area contributed by atoms with Gasteiger partial charge in [0.1, 0.15) is 11.4 Å². The number of piperidine rings is 1. The number of carbonyl (C=O) groups is 3. The van der Waals surface area contributed by atoms with Crippen LogP contribution in [-0.2, 0) is 9.59 Å². The molecule has 1 saturated heterocycles. The molecule has 1 amide bonds. The van der Waals surface area contributed by atoms with Crippen LogP contribution in [0.5, 0.6) is 5.75 Å². The van der Waals surface area contributed by atoms with Crippen molar-refractivity contribution in [1.29, 1.82) is 0 Å². The van der Waals surface area contributed by atoms with E-state index in [2.05, 4.69) is 20.2 Å². The molecule has 0 saturated carbocycles. The van der Waals surface area contributed by atoms with Crippen LogP contribution >= 0.6 is 0 Å². The third-order valence-corrected chi connectivity index (χ3v) is 5.04. The Kier molecular flexibility index (Phi) is 11.7. The predicted octanol–water partition coefficient (Wildman–Crippen LogP) is 1.88. The smallest absolute Gasteiger partial charge is 0.328 e. The molecule has 11 nitrogen and oxygen atoms in total. The van der Waals surface area contributed by atoms with Crippen LogP contribution < -0.4 is 15.8 Å². The van der Waals surface area contributed by atoms with Crippen molar-refractivity contribution < 1.29 is 29.3 Å². The molecule has 11 heteroatoms. The van der Waals surface area contributed by atoms with Gasteiger partial charge in [-0.25, -0.2) is 19.6 Å². The lowest BCUT2D eigenvalue weighted by Crippen LogP contribution is -2.38. The van der Waals surface area contributed by atoms with Crippen LogP contribution in [0.3, 0.4) is 0 Å². The van der Waals surface area contributed by atoms with E-state index in [9.17, 15) is 14.4 Å². The minimum atomic E-state index is -1.26. The number of aromatic nitrogens is 2. The number of rotatable bonds is 11. The summed E-state index contributed by atoms with van der Waals surface area (Å²) in [5, 5.41) is 18.8. The van der Waals surface area contributed by atoms with Gasteiger partial charge in [-0.3, -0.25) is 4.79 Å². The maximum atomic E-state index is 11.2. The van der Waals surface area contributed by atoms with Gasteiger partial charge in [0.15, 0.2) is 0 Å². The fourth-order valence-electron chi connectivity index (χ4n) is 3.45. The number of carboxylic acids is 2. The number of amides is 1. The SMILES string of the molecule is NC(=O)c1ccnc(NCCCN2CCCC(COc3ccccc3)C2)n1.O=C(O)C=CC(=O)O. The molecule has 1 unspecified atom stereocenters. The molecule has 35 heavy (non-hydrogen) atoms. The van der Waals surface area contributed by atoms with E-state index in [1.165, 1.54) is 25.1 Å². The monoisotopic (exact) mass is 485 g/mol. The number of carbonyl (C=O) groups excluding carboxylic acids is 1. The molecule has 1 aliphatic heterocycles. The number of hydrogen-bond donors (Lipinski definition) is 4. The van der Waals surface area contributed by atoms with E-state index in [-0.39, 0.29) is 5.69 Å². The highest BCUT2D eigenvalue weighted by Gasteiger charge is 2.20. The quantitative estimate of drug-likeness (QED) is 0.272. The Hall–Kier alpha value is -3.99. The molecule has 3 rings (SSSR count). The van der Waals surface area contributed by atoms with Crippen LogP contribution in [0.4, 0.5) is 5.95 Å². The molecule has 0 bridgehead atoms. The van der Waals surface area contributed by atoms with E-state index >= 15 is 0 Å². The fourth-order valence-corrected chi connectivity index (χ4v) is 3.45. The van der Waals surface area contributed by atoms with Gasteiger partial charge in [0.2, 0.25) is 5.95 Å². The molecule has 0 aliphatic carbocycles. The van der Waals surface area contributed by atoms with Crippen LogP contribution in [0.2, 0.25) is 0 Å². The van der Waals surface area contributed by atoms with E-state index in [0.29, 0.717) is 24.0 Å². The van der Waals surface area contributed by atoms with Gasteiger partial charge >= 0.3 is 11.9 Å². The third kappa shape index (κ3) is 11.6. The average molecular weight is 486 g/mol. The number of nitrogens with one attached hydrogen (secondary N) is 1. The van der Waals surface area contributed by atoms with Crippen molar-refractivity contribution in [2.24, 2.45) is 11.7 Å². The molecule has 0 radical (unpaired) electrons. The van der Waals surface area contributed by atoms with Crippen molar-refractivity contribution in [1.82, 2.24) is 14.9 Å². The van der Waals surface area contributed by atoms with E-state index in [4.69, 9.17) is 20.7 Å². The summed E-state index contributed by atoms with van der Waals surface area (Å²) in [6.45, 7) is 4.75. The second-order valence-electron chi connectivity index (χ2n) is 7.85. The number of para-hydroxylation sites is 1. The standard InChI is InChI=1S/C20H27N5O2.C4H4O4/c21-19(26)18-9-11-23-20(24-18)22-10-5-13-25-12-4-6-16(14-25)15-27-17-7-2-1-3-8-17;5-3(6)1-2-4(7)8/h1-3,7-9,11,16H,4-6,10,12-15H2,(H2,21,26)(H,22,23,24);1-2H,(H,5,6)(H,7,8). The molecule has 1 aliphatic rings. The predicted molar refractivity (Wildman–Crippen MR) is 129 cm³/mol. The largest absolute Gasteiger partial charge is 0.493 e. The zero-order chi connectivity index (χ0) is 25.5. The lowest BCUT2D eigenvalue weighted by atomic mass is 9.99. The molecular weight excluding hydrogens is 454 g/mol. The molecule has 1 aromatic heterocycles. The van der Waals surface area contributed by atoms with E-state index in [1.807, 2.05) is 30.3 Å². The number of likely N-dealkylation sites (tertiary alicyclic amines) is 1. The zero-order valence-corrected chi connectivity index (χ0v) is 19.4. The van der Waals surface area contributed by atoms with E-state index < -0.39 is 17.8 Å². The summed E-state index contributed by atoms with van der Waals surface area (Å²) >= 11 is 0. The summed E-state index contributed by atoms with van der Waals surface area (Å²) in [6, 6.07) is 11.5. The second kappa shape index (κ2) is 15.0. The lowest BCUT2D eigenvalue weighted by molar-refractivity contribution is -0.134. The highest BCUT2D eigenvalue weighted by Crippen LogP contribution is 2.19. The van der Waals surface area contributed by atoms with Gasteiger partial charge in [-0.05, 0) is 50.6 Å². The number of hydrogen-bond acceptors (Lipinski definition) is 8. The number of primary amides is 1. The van der Waals surface area contributed by atoms with E-state index in [0.717, 1.165) is 45.0 Å². The summed E-state index contributed by atoms with van der Waals surface area (Å²) in [4.78, 5) is 41.0. The van der Waals surface area contributed by atoms with Crippen LogP contribution in [0.25, 0.3) is 0 Å². The normalized spacial score (nSPS) is 15.6. The first-order valence-corrected chi connectivity index (χ1v) is 11.2. The van der Waals surface area contributed by atoms with Gasteiger partial charge in [0.25, 0.3) is 5.91 Å². The Bertz CT molecular complexity index is 969. The van der Waals surface area contributed by atoms with Crippen molar-refractivity contribution in [3.63, 3.8) is 0 Å². The van der Waals surface area contributed by atoms with Gasteiger partial charge in [0, 0.05) is 37.4 Å². The average Bonchev–Trinajstić information content (AvgIpc) is 2.85. The van der Waals surface area contributed by atoms with Crippen LogP contribution in [0.15, 0.2) is 54.7 Å². The number of ether oxygens (including phenoxy) is 1. The Balaban J connectivity index is 0.000000466. The fraction of sp³-hybridized carbons (Fsp3) is 0.375. The van der Waals surface area contributed by atoms with Crippen molar-refractivity contribution in [3.05, 3.63) is 60.4 Å². The van der Waals surface area contributed by atoms with Crippen LogP contribution in [0.1, 0.15) is 29.8 Å². The molecule has 0 spiro atoms. The molecule has 5 N–H and O–H groups in total. The van der Waals surface area contributed by atoms with Crippen molar-refractivity contribution in [2.45, 2.75) is 19.3 Å². The Morgan fingerprint density at radius 2 is 1.86 bits per heavy atom. The number of carboxylic acid groups (broad SMARTS) is 2.